The molecule has 0 saturated carbocycles. The van der Waals surface area contributed by atoms with Crippen molar-refractivity contribution < 1.29 is 9.53 Å². The molecule has 1 aliphatic rings. The van der Waals surface area contributed by atoms with Crippen molar-refractivity contribution in [2.75, 3.05) is 31.1 Å². The fraction of sp³-hybridized carbons (Fsp3) is 0.267. The number of ether oxygens (including phenoxy) is 1. The zero-order valence-corrected chi connectivity index (χ0v) is 11.9. The van der Waals surface area contributed by atoms with Gasteiger partial charge in [0, 0.05) is 13.1 Å². The van der Waals surface area contributed by atoms with Crippen LogP contribution in [0.5, 0.6) is 5.75 Å². The Bertz CT molecular complexity index is 583. The summed E-state index contributed by atoms with van der Waals surface area (Å²) in [5.74, 6) is 0.921. The van der Waals surface area contributed by atoms with E-state index in [1.54, 1.807) is 0 Å². The summed E-state index contributed by atoms with van der Waals surface area (Å²) in [5.41, 5.74) is 1.10. The summed E-state index contributed by atoms with van der Waals surface area (Å²) in [6, 6.07) is 11.7. The highest BCUT2D eigenvalue weighted by Gasteiger charge is 2.17. The topological polar surface area (TPSA) is 41.6 Å². The number of nitrogens with one attached hydrogen (secondary N) is 1. The minimum atomic E-state index is 0.00143. The zero-order chi connectivity index (χ0) is 13.8. The van der Waals surface area contributed by atoms with Crippen LogP contribution in [0.1, 0.15) is 9.67 Å². The second kappa shape index (κ2) is 5.96. The Morgan fingerprint density at radius 2 is 2.20 bits per heavy atom. The molecule has 1 aromatic heterocycles. The van der Waals surface area contributed by atoms with Gasteiger partial charge in [-0.15, -0.1) is 11.3 Å². The van der Waals surface area contributed by atoms with Crippen LogP contribution in [-0.2, 0) is 0 Å². The monoisotopic (exact) mass is 288 g/mol. The molecule has 0 atom stereocenters. The lowest BCUT2D eigenvalue weighted by molar-refractivity contribution is 0.0958. The van der Waals surface area contributed by atoms with Gasteiger partial charge in [-0.1, -0.05) is 18.2 Å². The first-order valence-corrected chi connectivity index (χ1v) is 7.51. The predicted molar refractivity (Wildman–Crippen MR) is 80.8 cm³/mol. The fourth-order valence-corrected chi connectivity index (χ4v) is 2.90. The van der Waals surface area contributed by atoms with E-state index in [-0.39, 0.29) is 5.91 Å². The smallest absolute Gasteiger partial charge is 0.261 e. The maximum absolute atomic E-state index is 11.8. The lowest BCUT2D eigenvalue weighted by atomic mass is 10.2. The fourth-order valence-electron chi connectivity index (χ4n) is 2.26. The van der Waals surface area contributed by atoms with Crippen LogP contribution in [-0.4, -0.2) is 32.1 Å². The van der Waals surface area contributed by atoms with E-state index in [4.69, 9.17) is 4.74 Å². The third kappa shape index (κ3) is 2.77. The number of fused-ring (bicyclic) bond motifs is 1. The first-order valence-electron chi connectivity index (χ1n) is 6.63. The van der Waals surface area contributed by atoms with Crippen molar-refractivity contribution in [3.63, 3.8) is 0 Å². The molecular formula is C15H16N2O2S. The molecule has 0 saturated heterocycles. The molecule has 1 amide bonds. The average molecular weight is 288 g/mol. The molecule has 0 radical (unpaired) electrons. The number of carbonyl (C=O) groups excluding carboxylic acids is 1. The second-order valence-electron chi connectivity index (χ2n) is 4.54. The average Bonchev–Trinajstić information content (AvgIpc) is 3.02. The van der Waals surface area contributed by atoms with Crippen molar-refractivity contribution >= 4 is 22.9 Å². The van der Waals surface area contributed by atoms with Crippen LogP contribution in [0, 0.1) is 0 Å². The van der Waals surface area contributed by atoms with E-state index in [2.05, 4.69) is 16.3 Å². The van der Waals surface area contributed by atoms with Gasteiger partial charge in [-0.25, -0.2) is 0 Å². The van der Waals surface area contributed by atoms with Crippen molar-refractivity contribution in [2.24, 2.45) is 0 Å². The number of benzene rings is 1. The standard InChI is InChI=1S/C15H16N2O2S/c18-15(14-6-3-11-20-14)16-7-8-17-9-10-19-13-5-2-1-4-12(13)17/h1-6,11H,7-10H2,(H,16,18). The molecule has 0 unspecified atom stereocenters. The van der Waals surface area contributed by atoms with Crippen LogP contribution >= 0.6 is 11.3 Å². The Hall–Kier alpha value is -2.01. The minimum Gasteiger partial charge on any atom is -0.490 e. The highest BCUT2D eigenvalue weighted by Crippen LogP contribution is 2.30. The third-order valence-electron chi connectivity index (χ3n) is 3.24. The number of hydrogen-bond acceptors (Lipinski definition) is 4. The molecule has 20 heavy (non-hydrogen) atoms. The minimum absolute atomic E-state index is 0.00143. The molecule has 1 aliphatic heterocycles. The molecule has 1 N–H and O–H groups in total. The van der Waals surface area contributed by atoms with E-state index >= 15 is 0 Å². The lowest BCUT2D eigenvalue weighted by Gasteiger charge is -2.31. The van der Waals surface area contributed by atoms with Crippen molar-refractivity contribution in [1.29, 1.82) is 0 Å². The highest BCUT2D eigenvalue weighted by molar-refractivity contribution is 7.12. The summed E-state index contributed by atoms with van der Waals surface area (Å²) in [6.07, 6.45) is 0. The number of thiophene rings is 1. The van der Waals surface area contributed by atoms with Crippen LogP contribution in [0.3, 0.4) is 0 Å². The Labute approximate surface area is 122 Å². The Balaban J connectivity index is 1.56. The largest absolute Gasteiger partial charge is 0.490 e. The third-order valence-corrected chi connectivity index (χ3v) is 4.11. The lowest BCUT2D eigenvalue weighted by Crippen LogP contribution is -2.39. The van der Waals surface area contributed by atoms with Gasteiger partial charge < -0.3 is 15.0 Å². The molecule has 4 nitrogen and oxygen atoms in total. The maximum atomic E-state index is 11.8. The van der Waals surface area contributed by atoms with Crippen LogP contribution in [0.2, 0.25) is 0 Å². The quantitative estimate of drug-likeness (QED) is 0.939. The molecule has 3 rings (SSSR count). The summed E-state index contributed by atoms with van der Waals surface area (Å²) < 4.78 is 5.61. The van der Waals surface area contributed by atoms with Crippen LogP contribution in [0.4, 0.5) is 5.69 Å². The molecule has 5 heteroatoms. The van der Waals surface area contributed by atoms with E-state index in [1.165, 1.54) is 11.3 Å². The number of para-hydroxylation sites is 2. The number of amides is 1. The molecule has 0 aliphatic carbocycles. The van der Waals surface area contributed by atoms with E-state index in [1.807, 2.05) is 35.7 Å². The molecule has 2 aromatic rings. The van der Waals surface area contributed by atoms with Gasteiger partial charge in [0.1, 0.15) is 12.4 Å². The number of anilines is 1. The first kappa shape index (κ1) is 13.0. The molecule has 1 aromatic carbocycles. The van der Waals surface area contributed by atoms with Gasteiger partial charge in [0.15, 0.2) is 0 Å². The first-order chi connectivity index (χ1) is 9.84. The van der Waals surface area contributed by atoms with Gasteiger partial charge in [-0.05, 0) is 23.6 Å². The summed E-state index contributed by atoms with van der Waals surface area (Å²) >= 11 is 1.46. The number of carbonyl (C=O) groups is 1. The van der Waals surface area contributed by atoms with Crippen molar-refractivity contribution in [1.82, 2.24) is 5.32 Å². The van der Waals surface area contributed by atoms with E-state index in [0.717, 1.165) is 29.4 Å². The van der Waals surface area contributed by atoms with Gasteiger partial charge in [0.05, 0.1) is 17.1 Å². The molecule has 0 spiro atoms. The molecule has 0 bridgehead atoms. The summed E-state index contributed by atoms with van der Waals surface area (Å²) in [6.45, 7) is 2.96. The second-order valence-corrected chi connectivity index (χ2v) is 5.48. The van der Waals surface area contributed by atoms with Crippen molar-refractivity contribution in [2.45, 2.75) is 0 Å². The summed E-state index contributed by atoms with van der Waals surface area (Å²) in [4.78, 5) is 14.8. The molecule has 2 heterocycles. The van der Waals surface area contributed by atoms with Gasteiger partial charge in [0.25, 0.3) is 5.91 Å². The normalized spacial score (nSPS) is 13.5. The van der Waals surface area contributed by atoms with Gasteiger partial charge >= 0.3 is 0 Å². The van der Waals surface area contributed by atoms with Gasteiger partial charge in [-0.3, -0.25) is 4.79 Å². The van der Waals surface area contributed by atoms with Crippen molar-refractivity contribution in [3.8, 4) is 5.75 Å². The van der Waals surface area contributed by atoms with Crippen LogP contribution < -0.4 is 15.0 Å². The van der Waals surface area contributed by atoms with Gasteiger partial charge in [-0.2, -0.15) is 0 Å². The number of nitrogens with zero attached hydrogens (tertiary/aromatic N) is 1. The Morgan fingerprint density at radius 1 is 1.30 bits per heavy atom. The van der Waals surface area contributed by atoms with Crippen molar-refractivity contribution in [3.05, 3.63) is 46.7 Å². The molecular weight excluding hydrogens is 272 g/mol. The Morgan fingerprint density at radius 3 is 3.05 bits per heavy atom. The SMILES string of the molecule is O=C(NCCN1CCOc2ccccc21)c1cccs1. The summed E-state index contributed by atoms with van der Waals surface area (Å²) in [5, 5.41) is 4.86. The summed E-state index contributed by atoms with van der Waals surface area (Å²) in [7, 11) is 0. The van der Waals surface area contributed by atoms with E-state index in [0.29, 0.717) is 13.2 Å². The van der Waals surface area contributed by atoms with Crippen LogP contribution in [0.25, 0.3) is 0 Å². The maximum Gasteiger partial charge on any atom is 0.261 e. The zero-order valence-electron chi connectivity index (χ0n) is 11.0. The number of rotatable bonds is 4. The number of hydrogen-bond donors (Lipinski definition) is 1. The predicted octanol–water partition coefficient (Wildman–Crippen LogP) is 2.38. The molecule has 0 fully saturated rings. The van der Waals surface area contributed by atoms with Gasteiger partial charge in [0.2, 0.25) is 0 Å². The highest BCUT2D eigenvalue weighted by atomic mass is 32.1. The van der Waals surface area contributed by atoms with E-state index in [9.17, 15) is 4.79 Å². The van der Waals surface area contributed by atoms with Crippen LogP contribution in [0.15, 0.2) is 41.8 Å². The molecule has 104 valence electrons. The Kier molecular flexibility index (Phi) is 3.87. The van der Waals surface area contributed by atoms with E-state index < -0.39 is 0 Å².